The van der Waals surface area contributed by atoms with Gasteiger partial charge in [-0.1, -0.05) is 0 Å². The molecule has 204 valence electrons. The highest BCUT2D eigenvalue weighted by Gasteiger charge is 2.40. The zero-order chi connectivity index (χ0) is 27.1. The van der Waals surface area contributed by atoms with Crippen molar-refractivity contribution in [1.82, 2.24) is 29.4 Å². The topological polar surface area (TPSA) is 158 Å². The molecule has 1 aromatic carbocycles. The normalized spacial score (nSPS) is 18.3. The number of nitrogens with one attached hydrogen (secondary N) is 1. The zero-order valence-corrected chi connectivity index (χ0v) is 22.5. The van der Waals surface area contributed by atoms with Crippen molar-refractivity contribution in [3.63, 3.8) is 0 Å². The summed E-state index contributed by atoms with van der Waals surface area (Å²) < 4.78 is 39.1. The number of piperidine rings is 1. The third-order valence-corrected chi connectivity index (χ3v) is 7.75. The average Bonchev–Trinajstić information content (AvgIpc) is 3.31. The van der Waals surface area contributed by atoms with Crippen LogP contribution in [0.1, 0.15) is 35.6 Å². The molecule has 2 aliphatic heterocycles. The van der Waals surface area contributed by atoms with E-state index in [4.69, 9.17) is 15.2 Å². The second kappa shape index (κ2) is 10.2. The van der Waals surface area contributed by atoms with Crippen LogP contribution in [0.15, 0.2) is 30.7 Å². The van der Waals surface area contributed by atoms with Gasteiger partial charge in [-0.05, 0) is 68.7 Å². The summed E-state index contributed by atoms with van der Waals surface area (Å²) in [6.07, 6.45) is 8.17. The Bertz CT molecular complexity index is 1430. The molecular weight excluding hydrogens is 510 g/mol. The standard InChI is InChI=1S/C25H33N7O5S/c1-16-8-17(9-21(25(33)14-36-15-25)20(16)11-29-38(3,34)35)22-12-27-23(26)24(30-22)37-19-10-28-32(13-19)18-4-6-31(2)7-5-18/h8-10,12-13,18,29,33H,4-7,11,14-15H2,1-3H3,(H2,26,27). The van der Waals surface area contributed by atoms with Gasteiger partial charge in [-0.15, -0.1) is 0 Å². The van der Waals surface area contributed by atoms with Crippen molar-refractivity contribution in [1.29, 1.82) is 0 Å². The first-order valence-corrected chi connectivity index (χ1v) is 14.3. The van der Waals surface area contributed by atoms with Crippen LogP contribution in [0, 0.1) is 6.92 Å². The number of aryl methyl sites for hydroxylation is 1. The van der Waals surface area contributed by atoms with Gasteiger partial charge in [0.1, 0.15) is 5.60 Å². The molecule has 5 rings (SSSR count). The van der Waals surface area contributed by atoms with Crippen molar-refractivity contribution in [3.8, 4) is 22.9 Å². The predicted molar refractivity (Wildman–Crippen MR) is 141 cm³/mol. The molecule has 4 N–H and O–H groups in total. The number of rotatable bonds is 8. The summed E-state index contributed by atoms with van der Waals surface area (Å²) in [5, 5.41) is 15.6. The minimum absolute atomic E-state index is 0.0473. The van der Waals surface area contributed by atoms with Crippen molar-refractivity contribution in [2.24, 2.45) is 0 Å². The Morgan fingerprint density at radius 1 is 1.26 bits per heavy atom. The van der Waals surface area contributed by atoms with Gasteiger partial charge in [0.15, 0.2) is 11.6 Å². The number of hydrogen-bond acceptors (Lipinski definition) is 10. The quantitative estimate of drug-likeness (QED) is 0.381. The van der Waals surface area contributed by atoms with Crippen molar-refractivity contribution < 1.29 is 23.0 Å². The number of benzene rings is 1. The van der Waals surface area contributed by atoms with Gasteiger partial charge in [-0.25, -0.2) is 23.1 Å². The molecule has 13 heteroatoms. The fraction of sp³-hybridized carbons (Fsp3) is 0.480. The molecule has 3 aromatic rings. The Morgan fingerprint density at radius 3 is 2.66 bits per heavy atom. The van der Waals surface area contributed by atoms with Crippen molar-refractivity contribution >= 4 is 15.8 Å². The highest BCUT2D eigenvalue weighted by Crippen LogP contribution is 2.37. The lowest BCUT2D eigenvalue weighted by atomic mass is 9.84. The van der Waals surface area contributed by atoms with Crippen molar-refractivity contribution in [3.05, 3.63) is 47.4 Å². The fourth-order valence-corrected chi connectivity index (χ4v) is 5.22. The Labute approximate surface area is 221 Å². The van der Waals surface area contributed by atoms with Crippen LogP contribution in [0.3, 0.4) is 0 Å². The van der Waals surface area contributed by atoms with E-state index < -0.39 is 15.6 Å². The minimum Gasteiger partial charge on any atom is -0.433 e. The van der Waals surface area contributed by atoms with E-state index in [9.17, 15) is 13.5 Å². The maximum absolute atomic E-state index is 11.7. The predicted octanol–water partition coefficient (Wildman–Crippen LogP) is 1.56. The molecule has 0 bridgehead atoms. The van der Waals surface area contributed by atoms with Gasteiger partial charge in [0.25, 0.3) is 5.88 Å². The summed E-state index contributed by atoms with van der Waals surface area (Å²) in [6, 6.07) is 3.97. The first-order valence-electron chi connectivity index (χ1n) is 12.4. The van der Waals surface area contributed by atoms with Gasteiger partial charge in [0, 0.05) is 12.1 Å². The van der Waals surface area contributed by atoms with Gasteiger partial charge in [-0.2, -0.15) is 5.10 Å². The molecule has 2 saturated heterocycles. The molecule has 0 atom stereocenters. The molecule has 4 heterocycles. The molecule has 0 amide bonds. The van der Waals surface area contributed by atoms with E-state index in [-0.39, 0.29) is 31.5 Å². The molecular formula is C25H33N7O5S. The van der Waals surface area contributed by atoms with E-state index in [2.05, 4.69) is 31.7 Å². The van der Waals surface area contributed by atoms with Crippen LogP contribution in [0.25, 0.3) is 11.3 Å². The van der Waals surface area contributed by atoms with Gasteiger partial charge < -0.3 is 25.2 Å². The monoisotopic (exact) mass is 543 g/mol. The summed E-state index contributed by atoms with van der Waals surface area (Å²) in [6.45, 7) is 4.18. The largest absolute Gasteiger partial charge is 0.433 e. The number of likely N-dealkylation sites (tertiary alicyclic amines) is 1. The summed E-state index contributed by atoms with van der Waals surface area (Å²) in [5.41, 5.74) is 8.09. The Balaban J connectivity index is 1.43. The Morgan fingerprint density at radius 2 is 2.00 bits per heavy atom. The van der Waals surface area contributed by atoms with E-state index in [1.165, 1.54) is 0 Å². The van der Waals surface area contributed by atoms with Crippen LogP contribution in [-0.2, 0) is 26.9 Å². The second-order valence-corrected chi connectivity index (χ2v) is 12.0. The molecule has 0 spiro atoms. The SMILES string of the molecule is Cc1cc(-c2cnc(N)c(Oc3cnn(C4CCN(C)CC4)c3)n2)cc(C2(O)COC2)c1CNS(C)(=O)=O. The summed E-state index contributed by atoms with van der Waals surface area (Å²) in [7, 11) is -1.31. The highest BCUT2D eigenvalue weighted by atomic mass is 32.2. The molecule has 0 saturated carbocycles. The van der Waals surface area contributed by atoms with Crippen LogP contribution in [0.4, 0.5) is 5.82 Å². The number of ether oxygens (including phenoxy) is 2. The highest BCUT2D eigenvalue weighted by molar-refractivity contribution is 7.88. The number of nitrogens with two attached hydrogens (primary N) is 1. The number of aliphatic hydroxyl groups is 1. The van der Waals surface area contributed by atoms with E-state index in [0.717, 1.165) is 37.8 Å². The van der Waals surface area contributed by atoms with E-state index >= 15 is 0 Å². The molecule has 2 aliphatic rings. The van der Waals surface area contributed by atoms with E-state index in [1.807, 2.05) is 23.9 Å². The Hall–Kier alpha value is -3.10. The lowest BCUT2D eigenvalue weighted by molar-refractivity contribution is -0.185. The van der Waals surface area contributed by atoms with Gasteiger partial charge in [0.05, 0.1) is 49.8 Å². The number of anilines is 1. The van der Waals surface area contributed by atoms with Gasteiger partial charge in [0.2, 0.25) is 10.0 Å². The number of nitrogens with zero attached hydrogens (tertiary/aromatic N) is 5. The molecule has 0 radical (unpaired) electrons. The summed E-state index contributed by atoms with van der Waals surface area (Å²) in [4.78, 5) is 11.2. The fourth-order valence-electron chi connectivity index (χ4n) is 4.81. The molecule has 0 aliphatic carbocycles. The first-order chi connectivity index (χ1) is 18.0. The lowest BCUT2D eigenvalue weighted by Gasteiger charge is -2.38. The maximum Gasteiger partial charge on any atom is 0.263 e. The smallest absolute Gasteiger partial charge is 0.263 e. The van der Waals surface area contributed by atoms with Crippen LogP contribution < -0.4 is 15.2 Å². The molecule has 0 unspecified atom stereocenters. The molecule has 2 aromatic heterocycles. The number of nitrogen functional groups attached to an aromatic ring is 1. The minimum atomic E-state index is -3.43. The van der Waals surface area contributed by atoms with Crippen LogP contribution in [0.5, 0.6) is 11.6 Å². The van der Waals surface area contributed by atoms with Gasteiger partial charge in [-0.3, -0.25) is 4.68 Å². The zero-order valence-electron chi connectivity index (χ0n) is 21.7. The summed E-state index contributed by atoms with van der Waals surface area (Å²) >= 11 is 0. The van der Waals surface area contributed by atoms with Crippen LogP contribution in [0.2, 0.25) is 0 Å². The summed E-state index contributed by atoms with van der Waals surface area (Å²) in [5.74, 6) is 0.804. The van der Waals surface area contributed by atoms with Crippen molar-refractivity contribution in [2.75, 3.05) is 45.3 Å². The van der Waals surface area contributed by atoms with E-state index in [1.54, 1.807) is 18.5 Å². The molecule has 12 nitrogen and oxygen atoms in total. The second-order valence-electron chi connectivity index (χ2n) is 10.2. The number of hydrogen-bond donors (Lipinski definition) is 3. The maximum atomic E-state index is 11.7. The van der Waals surface area contributed by atoms with Crippen molar-refractivity contribution in [2.45, 2.75) is 38.0 Å². The number of sulfonamides is 1. The third kappa shape index (κ3) is 5.66. The van der Waals surface area contributed by atoms with Crippen LogP contribution in [-0.4, -0.2) is 77.8 Å². The first kappa shape index (κ1) is 26.5. The molecule has 2 fully saturated rings. The molecule has 38 heavy (non-hydrogen) atoms. The number of aromatic nitrogens is 4. The van der Waals surface area contributed by atoms with E-state index in [0.29, 0.717) is 34.2 Å². The van der Waals surface area contributed by atoms with Crippen LogP contribution >= 0.6 is 0 Å². The van der Waals surface area contributed by atoms with Gasteiger partial charge >= 0.3 is 0 Å². The Kier molecular flexibility index (Phi) is 7.13. The third-order valence-electron chi connectivity index (χ3n) is 7.08. The average molecular weight is 544 g/mol. The lowest BCUT2D eigenvalue weighted by Crippen LogP contribution is -2.47.